The highest BCUT2D eigenvalue weighted by molar-refractivity contribution is 7.90. The van der Waals surface area contributed by atoms with Crippen molar-refractivity contribution < 1.29 is 45.6 Å². The van der Waals surface area contributed by atoms with Gasteiger partial charge in [-0.25, -0.2) is 18.2 Å². The number of imide groups is 2. The van der Waals surface area contributed by atoms with E-state index >= 15 is 8.78 Å². The summed E-state index contributed by atoms with van der Waals surface area (Å²) in [5.41, 5.74) is 2.68. The van der Waals surface area contributed by atoms with Crippen LogP contribution in [0.3, 0.4) is 0 Å². The molecule has 16 nitrogen and oxygen atoms in total. The Hall–Kier alpha value is -6.64. The summed E-state index contributed by atoms with van der Waals surface area (Å²) in [7, 11) is -4.36. The van der Waals surface area contributed by atoms with Crippen LogP contribution in [0, 0.1) is 17.6 Å². The Balaban J connectivity index is 0.715. The number of ketones is 1. The molecular weight excluding hydrogens is 904 g/mol. The minimum absolute atomic E-state index is 0.00100. The predicted molar refractivity (Wildman–Crippen MR) is 246 cm³/mol. The van der Waals surface area contributed by atoms with Gasteiger partial charge in [-0.3, -0.25) is 43.8 Å². The molecule has 4 amide bonds. The maximum absolute atomic E-state index is 15.8. The molecule has 68 heavy (non-hydrogen) atoms. The van der Waals surface area contributed by atoms with Gasteiger partial charge in [0.25, 0.3) is 11.8 Å². The van der Waals surface area contributed by atoms with Gasteiger partial charge in [-0.15, -0.1) is 0 Å². The highest BCUT2D eigenvalue weighted by atomic mass is 32.2. The predicted octanol–water partition coefficient (Wildman–Crippen LogP) is 5.27. The number of carbonyl (C=O) groups is 5. The van der Waals surface area contributed by atoms with Crippen LogP contribution >= 0.6 is 0 Å². The third-order valence-electron chi connectivity index (χ3n) is 14.0. The topological polar surface area (TPSA) is 188 Å². The molecule has 0 saturated carbocycles. The van der Waals surface area contributed by atoms with Gasteiger partial charge in [0.15, 0.2) is 5.82 Å². The third kappa shape index (κ3) is 8.60. The zero-order valence-electron chi connectivity index (χ0n) is 36.9. The molecule has 5 aromatic rings. The Morgan fingerprint density at radius 1 is 0.794 bits per heavy atom. The van der Waals surface area contributed by atoms with Crippen molar-refractivity contribution in [2.75, 3.05) is 73.4 Å². The van der Waals surface area contributed by atoms with E-state index in [-0.39, 0.29) is 42.5 Å². The number of nitrogens with one attached hydrogen (secondary N) is 3. The summed E-state index contributed by atoms with van der Waals surface area (Å²) in [6.45, 7) is 5.69. The number of fused-ring (bicyclic) bond motifs is 2. The lowest BCUT2D eigenvalue weighted by molar-refractivity contribution is -0.136. The number of piperazine rings is 1. The number of aromatic amines is 1. The maximum atomic E-state index is 15.8. The lowest BCUT2D eigenvalue weighted by Crippen LogP contribution is -2.54. The molecule has 20 heteroatoms. The summed E-state index contributed by atoms with van der Waals surface area (Å²) in [5, 5.41) is 2.56. The van der Waals surface area contributed by atoms with Crippen molar-refractivity contribution in [1.82, 2.24) is 29.4 Å². The van der Waals surface area contributed by atoms with Gasteiger partial charge in [0.1, 0.15) is 23.7 Å². The minimum atomic E-state index is -4.36. The van der Waals surface area contributed by atoms with Crippen molar-refractivity contribution in [3.8, 4) is 11.1 Å². The first-order chi connectivity index (χ1) is 32.7. The van der Waals surface area contributed by atoms with Crippen molar-refractivity contribution in [2.45, 2.75) is 50.7 Å². The lowest BCUT2D eigenvalue weighted by Gasteiger charge is -2.38. The van der Waals surface area contributed by atoms with E-state index in [4.69, 9.17) is 0 Å². The first kappa shape index (κ1) is 45.2. The number of anilines is 3. The van der Waals surface area contributed by atoms with E-state index in [2.05, 4.69) is 30.0 Å². The third-order valence-corrected chi connectivity index (χ3v) is 15.5. The number of piperidine rings is 2. The highest BCUT2D eigenvalue weighted by Crippen LogP contribution is 2.34. The summed E-state index contributed by atoms with van der Waals surface area (Å²) in [4.78, 5) is 79.8. The summed E-state index contributed by atoms with van der Waals surface area (Å²) in [6, 6.07) is 15.7. The molecule has 3 N–H and O–H groups in total. The zero-order valence-corrected chi connectivity index (χ0v) is 37.7. The van der Waals surface area contributed by atoms with Gasteiger partial charge in [0.05, 0.1) is 22.4 Å². The van der Waals surface area contributed by atoms with Crippen LogP contribution in [0.25, 0.3) is 22.2 Å². The summed E-state index contributed by atoms with van der Waals surface area (Å²) >= 11 is 0. The van der Waals surface area contributed by atoms with Gasteiger partial charge in [-0.2, -0.15) is 12.7 Å². The van der Waals surface area contributed by atoms with E-state index in [1.54, 1.807) is 24.4 Å². The maximum Gasteiger partial charge on any atom is 0.301 e. The smallest absolute Gasteiger partial charge is 0.301 e. The Morgan fingerprint density at radius 2 is 1.51 bits per heavy atom. The highest BCUT2D eigenvalue weighted by Gasteiger charge is 2.45. The van der Waals surface area contributed by atoms with E-state index in [9.17, 15) is 36.8 Å². The number of alkyl halides is 1. The van der Waals surface area contributed by atoms with Gasteiger partial charge in [-0.1, -0.05) is 12.1 Å². The number of amides is 4. The normalized spacial score (nSPS) is 21.0. The number of rotatable bonds is 12. The van der Waals surface area contributed by atoms with E-state index in [0.717, 1.165) is 103 Å². The molecule has 0 bridgehead atoms. The molecule has 0 radical (unpaired) electrons. The molecule has 2 atom stereocenters. The van der Waals surface area contributed by atoms with Crippen molar-refractivity contribution in [2.24, 2.45) is 5.92 Å². The fourth-order valence-corrected chi connectivity index (χ4v) is 11.3. The molecule has 5 aliphatic heterocycles. The standard InChI is InChI=1S/C48H48F3N9O7S/c49-31-14-18-59(27-31)68(66,67)55-39-8-7-38(50)42(43(39)51)44(62)37-26-53-45-35(37)23-30(25-52-45)29-1-3-32(4-2-29)58-21-19-56(20-22-58)15-11-28-12-16-57(17-13-28)33-5-6-34-36(24-33)48(65)60(47(34)64)40-9-10-41(61)54-46(40)63/h1-8,23-26,28,31,40,55H,9-22,27H2,(H,52,53)(H,54,61,63)/t31-,40?/m1/s1. The van der Waals surface area contributed by atoms with E-state index in [1.165, 1.54) is 6.20 Å². The molecule has 10 rings (SSSR count). The van der Waals surface area contributed by atoms with Crippen LogP contribution < -0.4 is 19.8 Å². The van der Waals surface area contributed by atoms with Crippen LogP contribution in [-0.2, 0) is 19.8 Å². The SMILES string of the molecule is O=C1CCC(N2C(=O)c3ccc(N4CCC(CCN5CCN(c6ccc(-c7cnc8[nH]cc(C(=O)c9c(F)ccc(NS(=O)(=O)N%10CC[C@@H](F)C%10)c9F)c8c7)cc6)CC5)CC4)cc3C2=O)C(=O)N1. The van der Waals surface area contributed by atoms with Crippen LogP contribution in [0.1, 0.15) is 75.2 Å². The van der Waals surface area contributed by atoms with E-state index in [0.29, 0.717) is 22.5 Å². The fraction of sp³-hybridized carbons (Fsp3) is 0.375. The number of nitrogens with zero attached hydrogens (tertiary/aromatic N) is 6. The summed E-state index contributed by atoms with van der Waals surface area (Å²) in [6.07, 6.45) is 4.87. The minimum Gasteiger partial charge on any atom is -0.371 e. The number of hydrogen-bond acceptors (Lipinski definition) is 11. The molecule has 354 valence electrons. The Labute approximate surface area is 389 Å². The Morgan fingerprint density at radius 3 is 2.24 bits per heavy atom. The number of benzene rings is 3. The second-order valence-electron chi connectivity index (χ2n) is 18.1. The van der Waals surface area contributed by atoms with Gasteiger partial charge in [0.2, 0.25) is 17.6 Å². The molecule has 5 aliphatic rings. The monoisotopic (exact) mass is 951 g/mol. The van der Waals surface area contributed by atoms with Crippen molar-refractivity contribution in [3.63, 3.8) is 0 Å². The quantitative estimate of drug-likeness (QED) is 0.109. The molecular formula is C48H48F3N9O7S. The van der Waals surface area contributed by atoms with Crippen molar-refractivity contribution >= 4 is 67.7 Å². The van der Waals surface area contributed by atoms with Crippen LogP contribution in [-0.4, -0.2) is 133 Å². The van der Waals surface area contributed by atoms with Crippen LogP contribution in [0.5, 0.6) is 0 Å². The number of halogens is 3. The van der Waals surface area contributed by atoms with E-state index in [1.807, 2.05) is 35.1 Å². The first-order valence-corrected chi connectivity index (χ1v) is 24.3. The number of carbonyl (C=O) groups excluding carboxylic acids is 5. The van der Waals surface area contributed by atoms with Crippen LogP contribution in [0.15, 0.2) is 73.1 Å². The number of H-pyrrole nitrogens is 1. The largest absolute Gasteiger partial charge is 0.371 e. The Kier molecular flexibility index (Phi) is 12.0. The first-order valence-electron chi connectivity index (χ1n) is 22.8. The average molecular weight is 952 g/mol. The fourth-order valence-electron chi connectivity index (χ4n) is 10.0. The number of pyridine rings is 1. The molecule has 4 fully saturated rings. The second kappa shape index (κ2) is 18.1. The molecule has 0 aliphatic carbocycles. The molecule has 3 aromatic carbocycles. The molecule has 4 saturated heterocycles. The van der Waals surface area contributed by atoms with Crippen LogP contribution in [0.2, 0.25) is 0 Å². The Bertz CT molecular complexity index is 2970. The lowest BCUT2D eigenvalue weighted by atomic mass is 9.92. The van der Waals surface area contributed by atoms with Gasteiger partial charge >= 0.3 is 10.2 Å². The van der Waals surface area contributed by atoms with Crippen molar-refractivity contribution in [3.05, 3.63) is 107 Å². The van der Waals surface area contributed by atoms with Gasteiger partial charge in [0, 0.05) is 99.1 Å². The summed E-state index contributed by atoms with van der Waals surface area (Å²) < 4.78 is 73.1. The second-order valence-corrected chi connectivity index (χ2v) is 19.7. The summed E-state index contributed by atoms with van der Waals surface area (Å²) in [5.74, 6) is -5.06. The number of aromatic nitrogens is 2. The average Bonchev–Trinajstić information content (AvgIpc) is 4.05. The molecule has 0 spiro atoms. The zero-order chi connectivity index (χ0) is 47.4. The van der Waals surface area contributed by atoms with Crippen molar-refractivity contribution in [1.29, 1.82) is 0 Å². The molecule has 1 unspecified atom stereocenters. The van der Waals surface area contributed by atoms with Crippen LogP contribution in [0.4, 0.5) is 30.2 Å². The van der Waals surface area contributed by atoms with Gasteiger partial charge < -0.3 is 14.8 Å². The molecule has 2 aromatic heterocycles. The number of hydrogen-bond donors (Lipinski definition) is 3. The molecule has 7 heterocycles. The van der Waals surface area contributed by atoms with E-state index < -0.39 is 81.3 Å². The van der Waals surface area contributed by atoms with Gasteiger partial charge in [-0.05, 0) is 98.7 Å².